The number of rotatable bonds is 5. The van der Waals surface area contributed by atoms with Gasteiger partial charge in [0.1, 0.15) is 5.75 Å². The Labute approximate surface area is 133 Å². The topological polar surface area (TPSA) is 65.2 Å². The van der Waals surface area contributed by atoms with Gasteiger partial charge in [-0.15, -0.1) is 0 Å². The molecular formula is C18H16N2O3. The van der Waals surface area contributed by atoms with Crippen molar-refractivity contribution in [1.29, 1.82) is 0 Å². The molecule has 0 spiro atoms. The zero-order valence-corrected chi connectivity index (χ0v) is 12.9. The van der Waals surface area contributed by atoms with Crippen molar-refractivity contribution in [3.8, 4) is 17.1 Å². The summed E-state index contributed by atoms with van der Waals surface area (Å²) in [6, 6.07) is 14.7. The Bertz CT molecular complexity index is 805. The van der Waals surface area contributed by atoms with Gasteiger partial charge in [0.05, 0.1) is 0 Å². The second kappa shape index (κ2) is 6.44. The highest BCUT2D eigenvalue weighted by Crippen LogP contribution is 2.20. The zero-order chi connectivity index (χ0) is 16.2. The van der Waals surface area contributed by atoms with Gasteiger partial charge < -0.3 is 9.26 Å². The zero-order valence-electron chi connectivity index (χ0n) is 12.9. The van der Waals surface area contributed by atoms with Crippen molar-refractivity contribution >= 4 is 5.78 Å². The van der Waals surface area contributed by atoms with E-state index in [0.717, 1.165) is 11.1 Å². The molecule has 2 aromatic carbocycles. The van der Waals surface area contributed by atoms with Gasteiger partial charge in [-0.25, -0.2) is 0 Å². The van der Waals surface area contributed by atoms with Crippen LogP contribution in [0.5, 0.6) is 5.75 Å². The monoisotopic (exact) mass is 308 g/mol. The summed E-state index contributed by atoms with van der Waals surface area (Å²) >= 11 is 0. The molecule has 0 amide bonds. The summed E-state index contributed by atoms with van der Waals surface area (Å²) < 4.78 is 10.5. The van der Waals surface area contributed by atoms with Crippen molar-refractivity contribution in [2.45, 2.75) is 13.8 Å². The van der Waals surface area contributed by atoms with Gasteiger partial charge in [-0.2, -0.15) is 4.98 Å². The first kappa shape index (κ1) is 15.0. The fourth-order valence-corrected chi connectivity index (χ4v) is 2.09. The quantitative estimate of drug-likeness (QED) is 0.674. The van der Waals surface area contributed by atoms with Crippen LogP contribution >= 0.6 is 0 Å². The molecule has 5 nitrogen and oxygen atoms in total. The van der Waals surface area contributed by atoms with E-state index < -0.39 is 0 Å². The number of aryl methyl sites for hydroxylation is 2. The molecule has 3 aromatic rings. The molecule has 3 rings (SSSR count). The average Bonchev–Trinajstić information content (AvgIpc) is 3.00. The van der Waals surface area contributed by atoms with Crippen LogP contribution in [0.2, 0.25) is 0 Å². The summed E-state index contributed by atoms with van der Waals surface area (Å²) in [5.74, 6) is 1.62. The Morgan fingerprint density at radius 3 is 2.35 bits per heavy atom. The van der Waals surface area contributed by atoms with Gasteiger partial charge in [0.15, 0.2) is 12.4 Å². The van der Waals surface area contributed by atoms with Gasteiger partial charge >= 0.3 is 0 Å². The van der Waals surface area contributed by atoms with Crippen molar-refractivity contribution in [3.05, 3.63) is 65.5 Å². The first-order chi connectivity index (χ1) is 11.1. The summed E-state index contributed by atoms with van der Waals surface area (Å²) in [7, 11) is 0. The van der Waals surface area contributed by atoms with Crippen LogP contribution in [0.1, 0.15) is 21.8 Å². The maximum Gasteiger partial charge on any atom is 0.223 e. The van der Waals surface area contributed by atoms with Gasteiger partial charge in [0.25, 0.3) is 0 Å². The summed E-state index contributed by atoms with van der Waals surface area (Å²) in [6.07, 6.45) is 0. The van der Waals surface area contributed by atoms with Crippen molar-refractivity contribution in [3.63, 3.8) is 0 Å². The number of Topliss-reactive ketones (excluding diaryl/α,β-unsaturated/α-hetero) is 1. The van der Waals surface area contributed by atoms with Crippen LogP contribution in [0.4, 0.5) is 0 Å². The molecule has 0 bridgehead atoms. The van der Waals surface area contributed by atoms with Gasteiger partial charge in [-0.05, 0) is 31.2 Å². The first-order valence-electron chi connectivity index (χ1n) is 7.25. The molecule has 0 saturated carbocycles. The van der Waals surface area contributed by atoms with E-state index in [-0.39, 0.29) is 12.4 Å². The minimum Gasteiger partial charge on any atom is -0.485 e. The standard InChI is InChI=1S/C18H16N2O3/c1-12-3-5-14(6-4-12)17(21)11-22-16-9-7-15(8-10-16)18-19-13(2)23-20-18/h3-10H,11H2,1-2H3. The molecule has 5 heteroatoms. The second-order valence-corrected chi connectivity index (χ2v) is 5.24. The molecule has 0 aliphatic carbocycles. The third-order valence-corrected chi connectivity index (χ3v) is 3.38. The number of benzene rings is 2. The van der Waals surface area contributed by atoms with Gasteiger partial charge in [-0.3, -0.25) is 4.79 Å². The Morgan fingerprint density at radius 2 is 1.74 bits per heavy atom. The summed E-state index contributed by atoms with van der Waals surface area (Å²) in [6.45, 7) is 3.73. The predicted molar refractivity (Wildman–Crippen MR) is 85.5 cm³/mol. The highest BCUT2D eigenvalue weighted by Gasteiger charge is 2.08. The van der Waals surface area contributed by atoms with Crippen LogP contribution in [0.25, 0.3) is 11.4 Å². The van der Waals surface area contributed by atoms with Crippen LogP contribution in [-0.4, -0.2) is 22.5 Å². The predicted octanol–water partition coefficient (Wildman–Crippen LogP) is 3.62. The van der Waals surface area contributed by atoms with Crippen molar-refractivity contribution in [2.24, 2.45) is 0 Å². The lowest BCUT2D eigenvalue weighted by Crippen LogP contribution is -2.11. The Morgan fingerprint density at radius 1 is 1.04 bits per heavy atom. The minimum atomic E-state index is -0.0529. The lowest BCUT2D eigenvalue weighted by Gasteiger charge is -2.06. The highest BCUT2D eigenvalue weighted by molar-refractivity contribution is 5.97. The number of hydrogen-bond donors (Lipinski definition) is 0. The van der Waals surface area contributed by atoms with E-state index in [1.807, 2.05) is 43.3 Å². The SMILES string of the molecule is Cc1ccc(C(=O)COc2ccc(-c3noc(C)n3)cc2)cc1. The Hall–Kier alpha value is -2.95. The lowest BCUT2D eigenvalue weighted by atomic mass is 10.1. The maximum atomic E-state index is 12.1. The number of hydrogen-bond acceptors (Lipinski definition) is 5. The molecule has 0 radical (unpaired) electrons. The molecular weight excluding hydrogens is 292 g/mol. The fourth-order valence-electron chi connectivity index (χ4n) is 2.09. The summed E-state index contributed by atoms with van der Waals surface area (Å²) in [4.78, 5) is 16.2. The molecule has 116 valence electrons. The summed E-state index contributed by atoms with van der Waals surface area (Å²) in [5.41, 5.74) is 2.60. The fraction of sp³-hybridized carbons (Fsp3) is 0.167. The molecule has 0 atom stereocenters. The Kier molecular flexibility index (Phi) is 4.19. The van der Waals surface area contributed by atoms with Crippen molar-refractivity contribution in [2.75, 3.05) is 6.61 Å². The first-order valence-corrected chi connectivity index (χ1v) is 7.25. The van der Waals surface area contributed by atoms with Crippen molar-refractivity contribution in [1.82, 2.24) is 10.1 Å². The average molecular weight is 308 g/mol. The van der Waals surface area contributed by atoms with Crippen molar-refractivity contribution < 1.29 is 14.1 Å². The van der Waals surface area contributed by atoms with Gasteiger partial charge in [0, 0.05) is 18.1 Å². The van der Waals surface area contributed by atoms with Crippen LogP contribution in [0, 0.1) is 13.8 Å². The van der Waals surface area contributed by atoms with E-state index in [1.54, 1.807) is 19.1 Å². The second-order valence-electron chi connectivity index (χ2n) is 5.24. The number of carbonyl (C=O) groups excluding carboxylic acids is 1. The maximum absolute atomic E-state index is 12.1. The normalized spacial score (nSPS) is 10.5. The van der Waals surface area contributed by atoms with Gasteiger partial charge in [-0.1, -0.05) is 35.0 Å². The molecule has 0 unspecified atom stereocenters. The molecule has 0 aliphatic heterocycles. The number of aromatic nitrogens is 2. The molecule has 0 saturated heterocycles. The van der Waals surface area contributed by atoms with Crippen LogP contribution in [0.15, 0.2) is 53.1 Å². The molecule has 0 aliphatic rings. The third kappa shape index (κ3) is 3.63. The molecule has 1 heterocycles. The van der Waals surface area contributed by atoms with Crippen LogP contribution in [0.3, 0.4) is 0 Å². The molecule has 23 heavy (non-hydrogen) atoms. The minimum absolute atomic E-state index is 0.00370. The van der Waals surface area contributed by atoms with Crippen LogP contribution < -0.4 is 4.74 Å². The number of ketones is 1. The summed E-state index contributed by atoms with van der Waals surface area (Å²) in [5, 5.41) is 3.86. The van der Waals surface area contributed by atoms with Gasteiger partial charge in [0.2, 0.25) is 11.7 Å². The van der Waals surface area contributed by atoms with E-state index in [1.165, 1.54) is 0 Å². The highest BCUT2D eigenvalue weighted by atomic mass is 16.5. The van der Waals surface area contributed by atoms with E-state index in [0.29, 0.717) is 23.0 Å². The third-order valence-electron chi connectivity index (χ3n) is 3.38. The number of carbonyl (C=O) groups is 1. The van der Waals surface area contributed by atoms with Crippen LogP contribution in [-0.2, 0) is 0 Å². The largest absolute Gasteiger partial charge is 0.485 e. The Balaban J connectivity index is 1.62. The number of nitrogens with zero attached hydrogens (tertiary/aromatic N) is 2. The number of ether oxygens (including phenoxy) is 1. The lowest BCUT2D eigenvalue weighted by molar-refractivity contribution is 0.0921. The van der Waals surface area contributed by atoms with E-state index in [4.69, 9.17) is 9.26 Å². The van der Waals surface area contributed by atoms with E-state index >= 15 is 0 Å². The van der Waals surface area contributed by atoms with E-state index in [2.05, 4.69) is 10.1 Å². The van der Waals surface area contributed by atoms with E-state index in [9.17, 15) is 4.79 Å². The molecule has 0 N–H and O–H groups in total. The smallest absolute Gasteiger partial charge is 0.223 e. The molecule has 0 fully saturated rings. The molecule has 1 aromatic heterocycles.